The van der Waals surface area contributed by atoms with Crippen LogP contribution in [0.2, 0.25) is 0 Å². The lowest BCUT2D eigenvalue weighted by Crippen LogP contribution is -2.41. The van der Waals surface area contributed by atoms with E-state index in [0.717, 1.165) is 5.75 Å². The summed E-state index contributed by atoms with van der Waals surface area (Å²) in [4.78, 5) is 0. The number of hydrogen-bond donors (Lipinski definition) is 2. The average molecular weight is 206 g/mol. The number of benzene rings is 1. The molecular formula is C12H18N2O. The first kappa shape index (κ1) is 10.3. The van der Waals surface area contributed by atoms with Crippen LogP contribution in [0.3, 0.4) is 0 Å². The second kappa shape index (κ2) is 3.74. The highest BCUT2D eigenvalue weighted by molar-refractivity contribution is 5.55. The molecule has 1 fully saturated rings. The summed E-state index contributed by atoms with van der Waals surface area (Å²) in [5.74, 6) is 0.741. The molecule has 0 aliphatic heterocycles. The summed E-state index contributed by atoms with van der Waals surface area (Å²) in [6.07, 6.45) is 3.62. The number of methoxy groups -OCH3 is 1. The highest BCUT2D eigenvalue weighted by Gasteiger charge is 2.37. The summed E-state index contributed by atoms with van der Waals surface area (Å²) in [5.41, 5.74) is 13.9. The van der Waals surface area contributed by atoms with Crippen molar-refractivity contribution in [2.45, 2.75) is 24.7 Å². The van der Waals surface area contributed by atoms with Crippen LogP contribution < -0.4 is 16.2 Å². The standard InChI is InChI=1S/C12H18N2O/c1-15-11-4-3-9(7-10(11)14)12(8-13)5-2-6-12/h3-4,7H,2,5-6,8,13-14H2,1H3. The molecule has 15 heavy (non-hydrogen) atoms. The Kier molecular flexibility index (Phi) is 2.57. The van der Waals surface area contributed by atoms with Crippen LogP contribution in [-0.2, 0) is 5.41 Å². The normalized spacial score (nSPS) is 18.3. The largest absolute Gasteiger partial charge is 0.495 e. The van der Waals surface area contributed by atoms with Crippen LogP contribution in [0.1, 0.15) is 24.8 Å². The average Bonchev–Trinajstić information content (AvgIpc) is 2.17. The van der Waals surface area contributed by atoms with Gasteiger partial charge in [0.1, 0.15) is 5.75 Å². The summed E-state index contributed by atoms with van der Waals surface area (Å²) in [5, 5.41) is 0. The van der Waals surface area contributed by atoms with E-state index < -0.39 is 0 Å². The minimum Gasteiger partial charge on any atom is -0.495 e. The van der Waals surface area contributed by atoms with Crippen molar-refractivity contribution in [3.05, 3.63) is 23.8 Å². The minimum atomic E-state index is 0.181. The van der Waals surface area contributed by atoms with Crippen LogP contribution in [0.4, 0.5) is 5.69 Å². The van der Waals surface area contributed by atoms with Gasteiger partial charge in [0.25, 0.3) is 0 Å². The van der Waals surface area contributed by atoms with Gasteiger partial charge in [-0.05, 0) is 30.5 Å². The third kappa shape index (κ3) is 1.57. The number of anilines is 1. The Labute approximate surface area is 90.4 Å². The molecule has 1 aromatic carbocycles. The van der Waals surface area contributed by atoms with Crippen molar-refractivity contribution in [2.75, 3.05) is 19.4 Å². The lowest BCUT2D eigenvalue weighted by molar-refractivity contribution is 0.253. The summed E-state index contributed by atoms with van der Waals surface area (Å²) < 4.78 is 5.14. The second-order valence-electron chi connectivity index (χ2n) is 4.29. The Morgan fingerprint density at radius 3 is 2.53 bits per heavy atom. The molecule has 1 aliphatic carbocycles. The molecule has 1 aliphatic rings. The molecule has 0 spiro atoms. The van der Waals surface area contributed by atoms with Gasteiger partial charge in [0.05, 0.1) is 12.8 Å². The Bertz CT molecular complexity index is 353. The fourth-order valence-corrected chi connectivity index (χ4v) is 2.28. The molecule has 0 saturated heterocycles. The lowest BCUT2D eigenvalue weighted by atomic mass is 9.64. The highest BCUT2D eigenvalue weighted by Crippen LogP contribution is 2.44. The molecule has 0 aromatic heterocycles. The zero-order chi connectivity index (χ0) is 10.9. The smallest absolute Gasteiger partial charge is 0.141 e. The Morgan fingerprint density at radius 2 is 2.13 bits per heavy atom. The zero-order valence-corrected chi connectivity index (χ0v) is 9.12. The molecule has 0 heterocycles. The number of hydrogen-bond acceptors (Lipinski definition) is 3. The van der Waals surface area contributed by atoms with E-state index >= 15 is 0 Å². The molecule has 3 nitrogen and oxygen atoms in total. The molecule has 0 atom stereocenters. The summed E-state index contributed by atoms with van der Waals surface area (Å²) in [6, 6.07) is 6.02. The number of rotatable bonds is 3. The molecule has 4 N–H and O–H groups in total. The molecule has 2 rings (SSSR count). The third-order valence-electron chi connectivity index (χ3n) is 3.54. The maximum Gasteiger partial charge on any atom is 0.141 e. The van der Waals surface area contributed by atoms with Crippen LogP contribution in [0.25, 0.3) is 0 Å². The molecule has 1 saturated carbocycles. The van der Waals surface area contributed by atoms with Gasteiger partial charge in [-0.25, -0.2) is 0 Å². The Hall–Kier alpha value is -1.22. The Morgan fingerprint density at radius 1 is 1.40 bits per heavy atom. The SMILES string of the molecule is COc1ccc(C2(CN)CCC2)cc1N. The molecule has 0 amide bonds. The molecule has 0 bridgehead atoms. The fourth-order valence-electron chi connectivity index (χ4n) is 2.28. The van der Waals surface area contributed by atoms with Crippen molar-refractivity contribution in [3.8, 4) is 5.75 Å². The van der Waals surface area contributed by atoms with E-state index in [1.54, 1.807) is 7.11 Å². The van der Waals surface area contributed by atoms with Crippen molar-refractivity contribution in [3.63, 3.8) is 0 Å². The van der Waals surface area contributed by atoms with E-state index in [4.69, 9.17) is 16.2 Å². The van der Waals surface area contributed by atoms with Gasteiger partial charge in [-0.15, -0.1) is 0 Å². The number of nitrogen functional groups attached to an aromatic ring is 1. The molecule has 0 radical (unpaired) electrons. The van der Waals surface area contributed by atoms with Gasteiger partial charge in [0.2, 0.25) is 0 Å². The first-order valence-electron chi connectivity index (χ1n) is 5.36. The Balaban J connectivity index is 2.33. The van der Waals surface area contributed by atoms with Crippen molar-refractivity contribution >= 4 is 5.69 Å². The van der Waals surface area contributed by atoms with Crippen LogP contribution in [0.15, 0.2) is 18.2 Å². The van der Waals surface area contributed by atoms with Crippen LogP contribution >= 0.6 is 0 Å². The van der Waals surface area contributed by atoms with Crippen molar-refractivity contribution in [1.29, 1.82) is 0 Å². The van der Waals surface area contributed by atoms with Gasteiger partial charge in [-0.2, -0.15) is 0 Å². The van der Waals surface area contributed by atoms with Crippen LogP contribution in [-0.4, -0.2) is 13.7 Å². The molecule has 0 unspecified atom stereocenters. The molecule has 3 heteroatoms. The topological polar surface area (TPSA) is 61.3 Å². The fraction of sp³-hybridized carbons (Fsp3) is 0.500. The summed E-state index contributed by atoms with van der Waals surface area (Å²) >= 11 is 0. The van der Waals surface area contributed by atoms with E-state index in [1.807, 2.05) is 12.1 Å². The first-order chi connectivity index (χ1) is 7.22. The maximum absolute atomic E-state index is 5.90. The quantitative estimate of drug-likeness (QED) is 0.739. The van der Waals surface area contributed by atoms with Crippen molar-refractivity contribution in [2.24, 2.45) is 5.73 Å². The van der Waals surface area contributed by atoms with Gasteiger partial charge in [-0.3, -0.25) is 0 Å². The van der Waals surface area contributed by atoms with E-state index in [9.17, 15) is 0 Å². The van der Waals surface area contributed by atoms with Crippen molar-refractivity contribution < 1.29 is 4.74 Å². The van der Waals surface area contributed by atoms with Gasteiger partial charge in [0.15, 0.2) is 0 Å². The molecule has 82 valence electrons. The minimum absolute atomic E-state index is 0.181. The monoisotopic (exact) mass is 206 g/mol. The highest BCUT2D eigenvalue weighted by atomic mass is 16.5. The summed E-state index contributed by atoms with van der Waals surface area (Å²) in [7, 11) is 1.63. The van der Waals surface area contributed by atoms with Crippen molar-refractivity contribution in [1.82, 2.24) is 0 Å². The molecule has 1 aromatic rings. The molecular weight excluding hydrogens is 188 g/mol. The zero-order valence-electron chi connectivity index (χ0n) is 9.12. The first-order valence-corrected chi connectivity index (χ1v) is 5.36. The van der Waals surface area contributed by atoms with E-state index in [1.165, 1.54) is 24.8 Å². The third-order valence-corrected chi connectivity index (χ3v) is 3.54. The second-order valence-corrected chi connectivity index (χ2v) is 4.29. The van der Waals surface area contributed by atoms with Gasteiger partial charge < -0.3 is 16.2 Å². The lowest BCUT2D eigenvalue weighted by Gasteiger charge is -2.41. The van der Waals surface area contributed by atoms with Crippen LogP contribution in [0.5, 0.6) is 5.75 Å². The van der Waals surface area contributed by atoms with Gasteiger partial charge in [0, 0.05) is 12.0 Å². The van der Waals surface area contributed by atoms with E-state index in [-0.39, 0.29) is 5.41 Å². The van der Waals surface area contributed by atoms with E-state index in [2.05, 4.69) is 6.07 Å². The predicted octanol–water partition coefficient (Wildman–Crippen LogP) is 1.66. The van der Waals surface area contributed by atoms with E-state index in [0.29, 0.717) is 12.2 Å². The predicted molar refractivity (Wildman–Crippen MR) is 62.0 cm³/mol. The van der Waals surface area contributed by atoms with Gasteiger partial charge in [-0.1, -0.05) is 12.5 Å². The maximum atomic E-state index is 5.90. The number of ether oxygens (including phenoxy) is 1. The summed E-state index contributed by atoms with van der Waals surface area (Å²) in [6.45, 7) is 0.707. The van der Waals surface area contributed by atoms with Crippen LogP contribution in [0, 0.1) is 0 Å². The number of nitrogens with two attached hydrogens (primary N) is 2. The van der Waals surface area contributed by atoms with Gasteiger partial charge >= 0.3 is 0 Å².